The molecule has 0 saturated carbocycles. The summed E-state index contributed by atoms with van der Waals surface area (Å²) >= 11 is 3.23. The van der Waals surface area contributed by atoms with Crippen molar-refractivity contribution in [2.24, 2.45) is 0 Å². The first-order chi connectivity index (χ1) is 8.19. The fourth-order valence-corrected chi connectivity index (χ4v) is 1.68. The van der Waals surface area contributed by atoms with Gasteiger partial charge in [0.15, 0.2) is 0 Å². The van der Waals surface area contributed by atoms with E-state index in [1.54, 1.807) is 24.4 Å². The SMILES string of the molecule is COc1cc(Oc2ccc(F)cc2Br)ccn1. The van der Waals surface area contributed by atoms with Gasteiger partial charge in [-0.05, 0) is 40.2 Å². The van der Waals surface area contributed by atoms with Crippen molar-refractivity contribution in [3.05, 3.63) is 46.8 Å². The molecule has 1 aromatic carbocycles. The third-order valence-corrected chi connectivity index (χ3v) is 2.66. The molecule has 0 aliphatic heterocycles. The summed E-state index contributed by atoms with van der Waals surface area (Å²) in [5, 5.41) is 0. The van der Waals surface area contributed by atoms with Crippen molar-refractivity contribution in [3.63, 3.8) is 0 Å². The van der Waals surface area contributed by atoms with Gasteiger partial charge in [0.2, 0.25) is 5.88 Å². The van der Waals surface area contributed by atoms with E-state index in [0.29, 0.717) is 21.9 Å². The van der Waals surface area contributed by atoms with Gasteiger partial charge in [0.1, 0.15) is 17.3 Å². The molecule has 1 heterocycles. The molecular weight excluding hydrogens is 289 g/mol. The number of hydrogen-bond donors (Lipinski definition) is 0. The molecule has 0 atom stereocenters. The second-order valence-corrected chi connectivity index (χ2v) is 4.07. The van der Waals surface area contributed by atoms with Crippen LogP contribution in [0.3, 0.4) is 0 Å². The average molecular weight is 298 g/mol. The largest absolute Gasteiger partial charge is 0.481 e. The van der Waals surface area contributed by atoms with Crippen LogP contribution in [0.25, 0.3) is 0 Å². The van der Waals surface area contributed by atoms with E-state index < -0.39 is 0 Å². The highest BCUT2D eigenvalue weighted by Gasteiger charge is 2.05. The Morgan fingerprint density at radius 1 is 1.24 bits per heavy atom. The lowest BCUT2D eigenvalue weighted by atomic mass is 10.3. The molecule has 0 N–H and O–H groups in total. The minimum absolute atomic E-state index is 0.323. The maximum Gasteiger partial charge on any atom is 0.216 e. The van der Waals surface area contributed by atoms with Crippen molar-refractivity contribution in [3.8, 4) is 17.4 Å². The maximum atomic E-state index is 12.9. The first-order valence-electron chi connectivity index (χ1n) is 4.82. The topological polar surface area (TPSA) is 31.4 Å². The van der Waals surface area contributed by atoms with Gasteiger partial charge in [0, 0.05) is 12.3 Å². The van der Waals surface area contributed by atoms with Crippen LogP contribution in [0.15, 0.2) is 41.0 Å². The summed E-state index contributed by atoms with van der Waals surface area (Å²) < 4.78 is 24.0. The minimum Gasteiger partial charge on any atom is -0.481 e. The second kappa shape index (κ2) is 5.14. The van der Waals surface area contributed by atoms with Gasteiger partial charge in [0.05, 0.1) is 11.6 Å². The van der Waals surface area contributed by atoms with Crippen LogP contribution in [-0.2, 0) is 0 Å². The molecule has 1 aromatic heterocycles. The molecule has 2 rings (SSSR count). The van der Waals surface area contributed by atoms with E-state index in [1.165, 1.54) is 19.2 Å². The van der Waals surface area contributed by atoms with Gasteiger partial charge in [-0.15, -0.1) is 0 Å². The molecule has 88 valence electrons. The smallest absolute Gasteiger partial charge is 0.216 e. The molecule has 0 radical (unpaired) electrons. The number of halogens is 2. The summed E-state index contributed by atoms with van der Waals surface area (Å²) in [4.78, 5) is 3.96. The number of methoxy groups -OCH3 is 1. The Balaban J connectivity index is 2.25. The van der Waals surface area contributed by atoms with Gasteiger partial charge in [-0.3, -0.25) is 0 Å². The molecule has 0 fully saturated rings. The predicted molar refractivity (Wildman–Crippen MR) is 65.0 cm³/mol. The molecule has 0 amide bonds. The molecule has 0 bridgehead atoms. The lowest BCUT2D eigenvalue weighted by Crippen LogP contribution is -1.90. The highest BCUT2D eigenvalue weighted by atomic mass is 79.9. The van der Waals surface area contributed by atoms with Gasteiger partial charge >= 0.3 is 0 Å². The molecular formula is C12H9BrFNO2. The van der Waals surface area contributed by atoms with Crippen LogP contribution in [0, 0.1) is 5.82 Å². The number of ether oxygens (including phenoxy) is 2. The van der Waals surface area contributed by atoms with Crippen molar-refractivity contribution in [1.29, 1.82) is 0 Å². The Labute approximate surface area is 106 Å². The summed E-state index contributed by atoms with van der Waals surface area (Å²) in [7, 11) is 1.53. The third-order valence-electron chi connectivity index (χ3n) is 2.04. The zero-order valence-electron chi connectivity index (χ0n) is 8.98. The molecule has 0 spiro atoms. The zero-order chi connectivity index (χ0) is 12.3. The van der Waals surface area contributed by atoms with E-state index in [-0.39, 0.29) is 5.82 Å². The average Bonchev–Trinajstić information content (AvgIpc) is 2.33. The second-order valence-electron chi connectivity index (χ2n) is 3.21. The van der Waals surface area contributed by atoms with Crippen molar-refractivity contribution in [2.75, 3.05) is 7.11 Å². The monoisotopic (exact) mass is 297 g/mol. The lowest BCUT2D eigenvalue weighted by molar-refractivity contribution is 0.392. The third kappa shape index (κ3) is 2.94. The molecule has 5 heteroatoms. The van der Waals surface area contributed by atoms with Crippen LogP contribution in [0.1, 0.15) is 0 Å². The first-order valence-corrected chi connectivity index (χ1v) is 5.61. The number of nitrogens with zero attached hydrogens (tertiary/aromatic N) is 1. The fraction of sp³-hybridized carbons (Fsp3) is 0.0833. The predicted octanol–water partition coefficient (Wildman–Crippen LogP) is 3.78. The summed E-state index contributed by atoms with van der Waals surface area (Å²) in [5.41, 5.74) is 0. The van der Waals surface area contributed by atoms with E-state index in [4.69, 9.17) is 9.47 Å². The summed E-state index contributed by atoms with van der Waals surface area (Å²) in [5.74, 6) is 1.24. The molecule has 0 unspecified atom stereocenters. The van der Waals surface area contributed by atoms with Gasteiger partial charge in [-0.2, -0.15) is 0 Å². The van der Waals surface area contributed by atoms with E-state index in [1.807, 2.05) is 0 Å². The number of aromatic nitrogens is 1. The fourth-order valence-electron chi connectivity index (χ4n) is 1.25. The van der Waals surface area contributed by atoms with Crippen molar-refractivity contribution < 1.29 is 13.9 Å². The van der Waals surface area contributed by atoms with Crippen LogP contribution in [-0.4, -0.2) is 12.1 Å². The molecule has 2 aromatic rings. The zero-order valence-corrected chi connectivity index (χ0v) is 10.6. The molecule has 0 aliphatic carbocycles. The van der Waals surface area contributed by atoms with Crippen molar-refractivity contribution in [2.45, 2.75) is 0 Å². The quantitative estimate of drug-likeness (QED) is 0.864. The Hall–Kier alpha value is -1.62. The Kier molecular flexibility index (Phi) is 3.58. The molecule has 17 heavy (non-hydrogen) atoms. The lowest BCUT2D eigenvalue weighted by Gasteiger charge is -2.08. The normalized spacial score (nSPS) is 10.1. The van der Waals surface area contributed by atoms with Crippen LogP contribution in [0.4, 0.5) is 4.39 Å². The molecule has 0 aliphatic rings. The van der Waals surface area contributed by atoms with Gasteiger partial charge in [-0.1, -0.05) is 0 Å². The van der Waals surface area contributed by atoms with Gasteiger partial charge in [-0.25, -0.2) is 9.37 Å². The summed E-state index contributed by atoms with van der Waals surface area (Å²) in [6, 6.07) is 7.56. The van der Waals surface area contributed by atoms with Gasteiger partial charge < -0.3 is 9.47 Å². The molecule has 0 saturated heterocycles. The van der Waals surface area contributed by atoms with E-state index in [2.05, 4.69) is 20.9 Å². The van der Waals surface area contributed by atoms with Crippen LogP contribution < -0.4 is 9.47 Å². The number of benzene rings is 1. The van der Waals surface area contributed by atoms with Crippen molar-refractivity contribution >= 4 is 15.9 Å². The summed E-state index contributed by atoms with van der Waals surface area (Å²) in [6.07, 6.45) is 1.57. The Bertz CT molecular complexity index is 534. The highest BCUT2D eigenvalue weighted by molar-refractivity contribution is 9.10. The highest BCUT2D eigenvalue weighted by Crippen LogP contribution is 2.30. The first kappa shape index (κ1) is 11.9. The number of pyridine rings is 1. The van der Waals surface area contributed by atoms with Crippen molar-refractivity contribution in [1.82, 2.24) is 4.98 Å². The van der Waals surface area contributed by atoms with E-state index in [9.17, 15) is 4.39 Å². The van der Waals surface area contributed by atoms with Crippen LogP contribution in [0.5, 0.6) is 17.4 Å². The Morgan fingerprint density at radius 2 is 2.06 bits per heavy atom. The number of rotatable bonds is 3. The van der Waals surface area contributed by atoms with E-state index >= 15 is 0 Å². The number of hydrogen-bond acceptors (Lipinski definition) is 3. The molecule has 3 nitrogen and oxygen atoms in total. The van der Waals surface area contributed by atoms with Crippen LogP contribution >= 0.6 is 15.9 Å². The van der Waals surface area contributed by atoms with Crippen LogP contribution in [0.2, 0.25) is 0 Å². The maximum absolute atomic E-state index is 12.9. The van der Waals surface area contributed by atoms with E-state index in [0.717, 1.165) is 0 Å². The Morgan fingerprint density at radius 3 is 2.76 bits per heavy atom. The summed E-state index contributed by atoms with van der Waals surface area (Å²) in [6.45, 7) is 0. The minimum atomic E-state index is -0.323. The standard InChI is InChI=1S/C12H9BrFNO2/c1-16-12-7-9(4-5-15-12)17-11-3-2-8(14)6-10(11)13/h2-7H,1H3. The van der Waals surface area contributed by atoms with Gasteiger partial charge in [0.25, 0.3) is 0 Å².